The zero-order valence-corrected chi connectivity index (χ0v) is 12.5. The first-order chi connectivity index (χ1) is 10.1. The summed E-state index contributed by atoms with van der Waals surface area (Å²) in [6.07, 6.45) is 7.00. The van der Waals surface area contributed by atoms with Crippen molar-refractivity contribution in [3.05, 3.63) is 22.4 Å². The molecule has 2 fully saturated rings. The van der Waals surface area contributed by atoms with Gasteiger partial charge in [-0.1, -0.05) is 0 Å². The summed E-state index contributed by atoms with van der Waals surface area (Å²) in [5, 5.41) is 4.67. The van der Waals surface area contributed by atoms with Gasteiger partial charge in [0, 0.05) is 13.1 Å². The standard InChI is InChI=1S/C15H21N5O/c1-19(13(9-3-4-9)10-5-6-10)8-12-17-14-11(15(21)18-12)7-16-20(14)2/h7,9-10,13H,3-6,8H2,1-2H3,(H,17,18,21). The van der Waals surface area contributed by atoms with Gasteiger partial charge in [-0.25, -0.2) is 4.98 Å². The fourth-order valence-corrected chi connectivity index (χ4v) is 3.47. The van der Waals surface area contributed by atoms with Gasteiger partial charge in [0.2, 0.25) is 0 Å². The first-order valence-electron chi connectivity index (χ1n) is 7.74. The summed E-state index contributed by atoms with van der Waals surface area (Å²) in [6, 6.07) is 0.664. The maximum atomic E-state index is 12.1. The molecule has 2 saturated carbocycles. The van der Waals surface area contributed by atoms with Crippen molar-refractivity contribution in [2.24, 2.45) is 18.9 Å². The van der Waals surface area contributed by atoms with Crippen molar-refractivity contribution < 1.29 is 0 Å². The highest BCUT2D eigenvalue weighted by Gasteiger charge is 2.43. The zero-order valence-electron chi connectivity index (χ0n) is 12.5. The number of nitrogens with one attached hydrogen (secondary N) is 1. The average Bonchev–Trinajstić information content (AvgIpc) is 3.34. The number of hydrogen-bond acceptors (Lipinski definition) is 4. The molecule has 0 bridgehead atoms. The van der Waals surface area contributed by atoms with E-state index in [9.17, 15) is 4.79 Å². The van der Waals surface area contributed by atoms with Crippen LogP contribution in [-0.4, -0.2) is 37.7 Å². The largest absolute Gasteiger partial charge is 0.309 e. The number of aromatic amines is 1. The summed E-state index contributed by atoms with van der Waals surface area (Å²) >= 11 is 0. The molecule has 2 aliphatic carbocycles. The van der Waals surface area contributed by atoms with E-state index >= 15 is 0 Å². The smallest absolute Gasteiger partial charge is 0.262 e. The van der Waals surface area contributed by atoms with Crippen LogP contribution in [0.1, 0.15) is 31.5 Å². The SMILES string of the molecule is CN(Cc1nc2c(cnn2C)c(=O)[nH]1)C(C1CC1)C1CC1. The van der Waals surface area contributed by atoms with Crippen LogP contribution in [0.25, 0.3) is 11.0 Å². The zero-order chi connectivity index (χ0) is 14.6. The normalized spacial score (nSPS) is 19.0. The molecule has 4 rings (SSSR count). The van der Waals surface area contributed by atoms with Gasteiger partial charge in [0.25, 0.3) is 5.56 Å². The molecule has 2 aromatic heterocycles. The molecule has 0 amide bonds. The highest BCUT2D eigenvalue weighted by molar-refractivity contribution is 5.72. The van der Waals surface area contributed by atoms with E-state index in [0.717, 1.165) is 17.7 Å². The van der Waals surface area contributed by atoms with E-state index in [2.05, 4.69) is 27.0 Å². The van der Waals surface area contributed by atoms with Crippen LogP contribution in [0.5, 0.6) is 0 Å². The second kappa shape index (κ2) is 4.66. The molecular formula is C15H21N5O. The minimum atomic E-state index is -0.0918. The van der Waals surface area contributed by atoms with E-state index in [1.165, 1.54) is 25.7 Å². The molecule has 2 heterocycles. The lowest BCUT2D eigenvalue weighted by Gasteiger charge is -2.27. The molecule has 0 aromatic carbocycles. The Morgan fingerprint density at radius 1 is 1.38 bits per heavy atom. The number of aromatic nitrogens is 4. The first kappa shape index (κ1) is 13.0. The number of H-pyrrole nitrogens is 1. The van der Waals surface area contributed by atoms with Crippen LogP contribution in [0.4, 0.5) is 0 Å². The third-order valence-corrected chi connectivity index (χ3v) is 4.77. The lowest BCUT2D eigenvalue weighted by atomic mass is 10.1. The van der Waals surface area contributed by atoms with Crippen LogP contribution >= 0.6 is 0 Å². The number of fused-ring (bicyclic) bond motifs is 1. The molecule has 6 nitrogen and oxygen atoms in total. The van der Waals surface area contributed by atoms with E-state index in [0.29, 0.717) is 23.6 Å². The Balaban J connectivity index is 1.61. The monoisotopic (exact) mass is 287 g/mol. The van der Waals surface area contributed by atoms with Crippen LogP contribution < -0.4 is 5.56 Å². The van der Waals surface area contributed by atoms with Gasteiger partial charge in [0.15, 0.2) is 5.65 Å². The Labute approximate surface area is 123 Å². The summed E-state index contributed by atoms with van der Waals surface area (Å²) in [6.45, 7) is 0.702. The molecule has 0 saturated heterocycles. The number of nitrogens with zero attached hydrogens (tertiary/aromatic N) is 4. The van der Waals surface area contributed by atoms with Gasteiger partial charge in [-0.3, -0.25) is 14.4 Å². The molecule has 112 valence electrons. The topological polar surface area (TPSA) is 66.8 Å². The van der Waals surface area contributed by atoms with Crippen molar-refractivity contribution in [2.45, 2.75) is 38.3 Å². The Hall–Kier alpha value is -1.69. The van der Waals surface area contributed by atoms with Gasteiger partial charge in [0.05, 0.1) is 12.7 Å². The van der Waals surface area contributed by atoms with Gasteiger partial charge in [-0.05, 0) is 44.6 Å². The maximum absolute atomic E-state index is 12.1. The third kappa shape index (κ3) is 2.37. The Bertz CT molecular complexity index is 713. The molecule has 0 atom stereocenters. The van der Waals surface area contributed by atoms with Crippen molar-refractivity contribution in [3.63, 3.8) is 0 Å². The minimum absolute atomic E-state index is 0.0918. The van der Waals surface area contributed by atoms with Crippen LogP contribution in [0.3, 0.4) is 0 Å². The van der Waals surface area contributed by atoms with Gasteiger partial charge in [-0.2, -0.15) is 5.10 Å². The van der Waals surface area contributed by atoms with E-state index < -0.39 is 0 Å². The number of rotatable bonds is 5. The van der Waals surface area contributed by atoms with Gasteiger partial charge < -0.3 is 4.98 Å². The fraction of sp³-hybridized carbons (Fsp3) is 0.667. The van der Waals surface area contributed by atoms with Crippen molar-refractivity contribution in [1.82, 2.24) is 24.6 Å². The molecule has 0 aliphatic heterocycles. The Kier molecular flexibility index (Phi) is 2.89. The molecule has 2 aliphatic rings. The number of hydrogen-bond donors (Lipinski definition) is 1. The molecule has 2 aromatic rings. The van der Waals surface area contributed by atoms with Crippen LogP contribution in [-0.2, 0) is 13.6 Å². The van der Waals surface area contributed by atoms with Crippen molar-refractivity contribution in [2.75, 3.05) is 7.05 Å². The molecular weight excluding hydrogens is 266 g/mol. The molecule has 6 heteroatoms. The second-order valence-corrected chi connectivity index (χ2v) is 6.60. The summed E-state index contributed by atoms with van der Waals surface area (Å²) in [7, 11) is 3.98. The average molecular weight is 287 g/mol. The minimum Gasteiger partial charge on any atom is -0.309 e. The summed E-state index contributed by atoms with van der Waals surface area (Å²) in [4.78, 5) is 22.0. The second-order valence-electron chi connectivity index (χ2n) is 6.60. The van der Waals surface area contributed by atoms with Crippen LogP contribution in [0.15, 0.2) is 11.0 Å². The lowest BCUT2D eigenvalue weighted by Crippen LogP contribution is -2.35. The van der Waals surface area contributed by atoms with Crippen molar-refractivity contribution in [1.29, 1.82) is 0 Å². The van der Waals surface area contributed by atoms with Gasteiger partial charge >= 0.3 is 0 Å². The van der Waals surface area contributed by atoms with E-state index in [-0.39, 0.29) is 5.56 Å². The first-order valence-corrected chi connectivity index (χ1v) is 7.74. The molecule has 0 spiro atoms. The fourth-order valence-electron chi connectivity index (χ4n) is 3.47. The Morgan fingerprint density at radius 2 is 2.05 bits per heavy atom. The Morgan fingerprint density at radius 3 is 2.67 bits per heavy atom. The predicted molar refractivity (Wildman–Crippen MR) is 79.8 cm³/mol. The third-order valence-electron chi connectivity index (χ3n) is 4.77. The highest BCUT2D eigenvalue weighted by Crippen LogP contribution is 2.47. The van der Waals surface area contributed by atoms with Crippen LogP contribution in [0, 0.1) is 11.8 Å². The van der Waals surface area contributed by atoms with Crippen molar-refractivity contribution >= 4 is 11.0 Å². The molecule has 21 heavy (non-hydrogen) atoms. The maximum Gasteiger partial charge on any atom is 0.262 e. The highest BCUT2D eigenvalue weighted by atomic mass is 16.1. The van der Waals surface area contributed by atoms with Crippen molar-refractivity contribution in [3.8, 4) is 0 Å². The van der Waals surface area contributed by atoms with E-state index in [4.69, 9.17) is 0 Å². The van der Waals surface area contributed by atoms with Gasteiger partial charge in [0.1, 0.15) is 11.2 Å². The summed E-state index contributed by atoms with van der Waals surface area (Å²) < 4.78 is 1.66. The molecule has 1 N–H and O–H groups in total. The molecule has 0 unspecified atom stereocenters. The summed E-state index contributed by atoms with van der Waals surface area (Å²) in [5.74, 6) is 2.45. The molecule has 0 radical (unpaired) electrons. The summed E-state index contributed by atoms with van der Waals surface area (Å²) in [5.41, 5.74) is 0.572. The number of aryl methyl sites for hydroxylation is 1. The lowest BCUT2D eigenvalue weighted by molar-refractivity contribution is 0.182. The predicted octanol–water partition coefficient (Wildman–Crippen LogP) is 1.28. The quantitative estimate of drug-likeness (QED) is 0.899. The van der Waals surface area contributed by atoms with Crippen LogP contribution in [0.2, 0.25) is 0 Å². The van der Waals surface area contributed by atoms with Gasteiger partial charge in [-0.15, -0.1) is 0 Å². The van der Waals surface area contributed by atoms with E-state index in [1.807, 2.05) is 7.05 Å². The van der Waals surface area contributed by atoms with E-state index in [1.54, 1.807) is 10.9 Å².